The number of aliphatic hydroxyl groups is 1. The van der Waals surface area contributed by atoms with E-state index < -0.39 is 16.1 Å². The van der Waals surface area contributed by atoms with Crippen molar-refractivity contribution >= 4 is 21.6 Å². The number of para-hydroxylation sites is 1. The Bertz CT molecular complexity index is 1140. The highest BCUT2D eigenvalue weighted by Gasteiger charge is 2.30. The maximum absolute atomic E-state index is 13.1. The Labute approximate surface area is 173 Å². The highest BCUT2D eigenvalue weighted by atomic mass is 35.5. The fourth-order valence-corrected chi connectivity index (χ4v) is 5.34. The van der Waals surface area contributed by atoms with E-state index in [0.29, 0.717) is 35.5 Å². The van der Waals surface area contributed by atoms with Crippen LogP contribution >= 0.6 is 11.6 Å². The molecule has 2 aromatic carbocycles. The standard InChI is InChI=1S/C20H20ClN3O4S/c21-16-6-5-13(11-19(16)29(27,28)24-9-7-14(25)8-10-24)20-22-12-17(23-20)15-3-1-2-4-18(15)26/h1-6,11-12,14,25-26H,7-10H2,(H,22,23). The molecule has 1 fully saturated rings. The Morgan fingerprint density at radius 2 is 1.86 bits per heavy atom. The minimum Gasteiger partial charge on any atom is -0.507 e. The Hall–Kier alpha value is -2.39. The third-order valence-corrected chi connectivity index (χ3v) is 7.38. The van der Waals surface area contributed by atoms with E-state index in [0.717, 1.165) is 0 Å². The van der Waals surface area contributed by atoms with Gasteiger partial charge in [0.2, 0.25) is 10.0 Å². The first-order chi connectivity index (χ1) is 13.9. The lowest BCUT2D eigenvalue weighted by Gasteiger charge is -2.29. The summed E-state index contributed by atoms with van der Waals surface area (Å²) in [6, 6.07) is 11.6. The molecule has 152 valence electrons. The number of sulfonamides is 1. The zero-order valence-electron chi connectivity index (χ0n) is 15.4. The lowest BCUT2D eigenvalue weighted by molar-refractivity contribution is 0.113. The number of phenols is 1. The van der Waals surface area contributed by atoms with E-state index in [2.05, 4.69) is 9.97 Å². The molecule has 3 N–H and O–H groups in total. The normalized spacial score (nSPS) is 16.2. The maximum Gasteiger partial charge on any atom is 0.244 e. The predicted molar refractivity (Wildman–Crippen MR) is 110 cm³/mol. The van der Waals surface area contributed by atoms with Crippen molar-refractivity contribution in [3.63, 3.8) is 0 Å². The third kappa shape index (κ3) is 3.89. The van der Waals surface area contributed by atoms with Gasteiger partial charge in [-0.3, -0.25) is 0 Å². The van der Waals surface area contributed by atoms with Crippen LogP contribution in [0.2, 0.25) is 5.02 Å². The van der Waals surface area contributed by atoms with Crippen molar-refractivity contribution in [1.82, 2.24) is 14.3 Å². The molecular formula is C20H20ClN3O4S. The lowest BCUT2D eigenvalue weighted by atomic mass is 10.1. The Morgan fingerprint density at radius 3 is 2.59 bits per heavy atom. The van der Waals surface area contributed by atoms with Gasteiger partial charge in [-0.25, -0.2) is 13.4 Å². The molecule has 0 aliphatic carbocycles. The molecule has 1 aromatic heterocycles. The smallest absolute Gasteiger partial charge is 0.244 e. The van der Waals surface area contributed by atoms with Crippen LogP contribution in [0.25, 0.3) is 22.6 Å². The first-order valence-electron chi connectivity index (χ1n) is 9.18. The first-order valence-corrected chi connectivity index (χ1v) is 11.0. The van der Waals surface area contributed by atoms with E-state index in [1.807, 2.05) is 0 Å². The van der Waals surface area contributed by atoms with E-state index in [-0.39, 0.29) is 28.8 Å². The van der Waals surface area contributed by atoms with Crippen LogP contribution in [0.4, 0.5) is 0 Å². The maximum atomic E-state index is 13.1. The molecule has 9 heteroatoms. The number of aliphatic hydroxyl groups excluding tert-OH is 1. The van der Waals surface area contributed by atoms with E-state index in [1.165, 1.54) is 16.4 Å². The van der Waals surface area contributed by atoms with Crippen molar-refractivity contribution in [1.29, 1.82) is 0 Å². The molecule has 0 unspecified atom stereocenters. The molecule has 0 amide bonds. The quantitative estimate of drug-likeness (QED) is 0.585. The minimum atomic E-state index is -3.79. The number of aromatic hydroxyl groups is 1. The molecule has 0 saturated carbocycles. The molecule has 1 aliphatic rings. The van der Waals surface area contributed by atoms with E-state index in [4.69, 9.17) is 11.6 Å². The zero-order valence-corrected chi connectivity index (χ0v) is 17.0. The molecule has 4 rings (SSSR count). The predicted octanol–water partition coefficient (Wildman–Crippen LogP) is 3.25. The van der Waals surface area contributed by atoms with Crippen molar-refractivity contribution in [3.8, 4) is 28.4 Å². The van der Waals surface area contributed by atoms with Crippen LogP contribution < -0.4 is 0 Å². The second kappa shape index (κ2) is 7.79. The number of halogens is 1. The molecule has 29 heavy (non-hydrogen) atoms. The van der Waals surface area contributed by atoms with E-state index >= 15 is 0 Å². The van der Waals surface area contributed by atoms with Crippen molar-refractivity contribution < 1.29 is 18.6 Å². The molecular weight excluding hydrogens is 414 g/mol. The number of hydrogen-bond donors (Lipinski definition) is 3. The molecule has 0 bridgehead atoms. The molecule has 3 aromatic rings. The topological polar surface area (TPSA) is 107 Å². The Kier molecular flexibility index (Phi) is 5.35. The number of aromatic nitrogens is 2. The van der Waals surface area contributed by atoms with Gasteiger partial charge in [-0.05, 0) is 43.2 Å². The summed E-state index contributed by atoms with van der Waals surface area (Å²) >= 11 is 6.22. The van der Waals surface area contributed by atoms with Crippen LogP contribution in [-0.2, 0) is 10.0 Å². The highest BCUT2D eigenvalue weighted by molar-refractivity contribution is 7.89. The van der Waals surface area contributed by atoms with E-state index in [1.54, 1.807) is 36.5 Å². The fourth-order valence-electron chi connectivity index (χ4n) is 3.37. The van der Waals surface area contributed by atoms with Gasteiger partial charge in [0.05, 0.1) is 16.8 Å². The minimum absolute atomic E-state index is 0.00793. The zero-order chi connectivity index (χ0) is 20.6. The Balaban J connectivity index is 1.68. The van der Waals surface area contributed by atoms with Crippen LogP contribution in [0.1, 0.15) is 12.8 Å². The number of benzene rings is 2. The van der Waals surface area contributed by atoms with Crippen LogP contribution in [0.5, 0.6) is 5.75 Å². The monoisotopic (exact) mass is 433 g/mol. The Morgan fingerprint density at radius 1 is 1.14 bits per heavy atom. The number of H-pyrrole nitrogens is 1. The lowest BCUT2D eigenvalue weighted by Crippen LogP contribution is -2.40. The number of piperidine rings is 1. The van der Waals surface area contributed by atoms with Crippen molar-refractivity contribution in [2.45, 2.75) is 23.8 Å². The van der Waals surface area contributed by atoms with Gasteiger partial charge in [0.1, 0.15) is 16.5 Å². The number of nitrogens with one attached hydrogen (secondary N) is 1. The third-order valence-electron chi connectivity index (χ3n) is 5.00. The number of hydrogen-bond acceptors (Lipinski definition) is 5. The average molecular weight is 434 g/mol. The summed E-state index contributed by atoms with van der Waals surface area (Å²) in [5.74, 6) is 0.572. The second-order valence-electron chi connectivity index (χ2n) is 6.93. The first kappa shape index (κ1) is 19.9. The number of imidazole rings is 1. The van der Waals surface area contributed by atoms with E-state index in [9.17, 15) is 18.6 Å². The molecule has 0 radical (unpaired) electrons. The van der Waals surface area contributed by atoms with Gasteiger partial charge in [-0.2, -0.15) is 4.31 Å². The van der Waals surface area contributed by atoms with Crippen molar-refractivity contribution in [2.75, 3.05) is 13.1 Å². The van der Waals surface area contributed by atoms with Crippen LogP contribution in [0, 0.1) is 0 Å². The largest absolute Gasteiger partial charge is 0.507 e. The fraction of sp³-hybridized carbons (Fsp3) is 0.250. The average Bonchev–Trinajstić information content (AvgIpc) is 3.19. The van der Waals surface area contributed by atoms with Gasteiger partial charge in [-0.1, -0.05) is 23.7 Å². The summed E-state index contributed by atoms with van der Waals surface area (Å²) in [6.07, 6.45) is 1.98. The second-order valence-corrected chi connectivity index (χ2v) is 9.25. The van der Waals surface area contributed by atoms with Gasteiger partial charge >= 0.3 is 0 Å². The SMILES string of the molecule is O=S(=O)(c1cc(-c2nc(-c3ccccc3O)c[nH]2)ccc1Cl)N1CCC(O)CC1. The van der Waals surface area contributed by atoms with Crippen LogP contribution in [0.15, 0.2) is 53.6 Å². The molecule has 1 aliphatic heterocycles. The van der Waals surface area contributed by atoms with Gasteiger partial charge in [0.25, 0.3) is 0 Å². The summed E-state index contributed by atoms with van der Waals surface area (Å²) in [7, 11) is -3.79. The van der Waals surface area contributed by atoms with Gasteiger partial charge in [0, 0.05) is 30.4 Å². The number of nitrogens with zero attached hydrogens (tertiary/aromatic N) is 2. The summed E-state index contributed by atoms with van der Waals surface area (Å²) in [5.41, 5.74) is 1.68. The van der Waals surface area contributed by atoms with Gasteiger partial charge in [-0.15, -0.1) is 0 Å². The summed E-state index contributed by atoms with van der Waals surface area (Å²) in [4.78, 5) is 7.52. The van der Waals surface area contributed by atoms with Crippen molar-refractivity contribution in [2.24, 2.45) is 0 Å². The molecule has 2 heterocycles. The van der Waals surface area contributed by atoms with Gasteiger partial charge < -0.3 is 15.2 Å². The molecule has 7 nitrogen and oxygen atoms in total. The molecule has 0 atom stereocenters. The van der Waals surface area contributed by atoms with Crippen LogP contribution in [-0.4, -0.2) is 52.1 Å². The number of rotatable bonds is 4. The van der Waals surface area contributed by atoms with Crippen molar-refractivity contribution in [3.05, 3.63) is 53.7 Å². The number of phenolic OH excluding ortho intramolecular Hbond substituents is 1. The number of aromatic amines is 1. The van der Waals surface area contributed by atoms with Gasteiger partial charge in [0.15, 0.2) is 0 Å². The summed E-state index contributed by atoms with van der Waals surface area (Å²) in [6.45, 7) is 0.504. The van der Waals surface area contributed by atoms with Crippen LogP contribution in [0.3, 0.4) is 0 Å². The summed E-state index contributed by atoms with van der Waals surface area (Å²) in [5, 5.41) is 19.8. The summed E-state index contributed by atoms with van der Waals surface area (Å²) < 4.78 is 27.5. The molecule has 1 saturated heterocycles. The molecule has 0 spiro atoms. The highest BCUT2D eigenvalue weighted by Crippen LogP contribution is 2.32.